The van der Waals surface area contributed by atoms with E-state index in [1.807, 2.05) is 0 Å². The van der Waals surface area contributed by atoms with E-state index in [9.17, 15) is 0 Å². The number of aliphatic hydroxyl groups is 1. The van der Waals surface area contributed by atoms with Crippen molar-refractivity contribution >= 4 is 0 Å². The highest BCUT2D eigenvalue weighted by Gasteiger charge is 1.99. The molecule has 0 unspecified atom stereocenters. The van der Waals surface area contributed by atoms with Gasteiger partial charge in [-0.3, -0.25) is 0 Å². The zero-order chi connectivity index (χ0) is 9.23. The van der Waals surface area contributed by atoms with Crippen LogP contribution in [-0.4, -0.2) is 42.8 Å². The quantitative estimate of drug-likeness (QED) is 0.517. The fourth-order valence-corrected chi connectivity index (χ4v) is 1.15. The van der Waals surface area contributed by atoms with Gasteiger partial charge in [0.1, 0.15) is 0 Å². The summed E-state index contributed by atoms with van der Waals surface area (Å²) in [4.78, 5) is 2.24. The van der Waals surface area contributed by atoms with Gasteiger partial charge in [-0.2, -0.15) is 0 Å². The molecule has 12 heavy (non-hydrogen) atoms. The van der Waals surface area contributed by atoms with E-state index in [1.54, 1.807) is 0 Å². The van der Waals surface area contributed by atoms with Crippen molar-refractivity contribution in [1.82, 2.24) is 4.90 Å². The van der Waals surface area contributed by atoms with Gasteiger partial charge < -0.3 is 15.7 Å². The van der Waals surface area contributed by atoms with E-state index >= 15 is 0 Å². The molecule has 73 valence electrons. The lowest BCUT2D eigenvalue weighted by atomic mass is 10.2. The van der Waals surface area contributed by atoms with Gasteiger partial charge in [-0.25, -0.2) is 0 Å². The largest absolute Gasteiger partial charge is 0.395 e. The number of nitrogens with zero attached hydrogens (tertiary/aromatic N) is 1. The Labute approximate surface area is 75.6 Å². The maximum Gasteiger partial charge on any atom is 0.0558 e. The first-order valence-electron chi connectivity index (χ1n) is 4.70. The molecule has 0 bridgehead atoms. The van der Waals surface area contributed by atoms with E-state index in [1.165, 1.54) is 0 Å². The van der Waals surface area contributed by atoms with Gasteiger partial charge in [-0.1, -0.05) is 6.92 Å². The molecule has 3 nitrogen and oxygen atoms in total. The van der Waals surface area contributed by atoms with Crippen molar-refractivity contribution in [2.75, 3.05) is 32.8 Å². The molecule has 3 N–H and O–H groups in total. The molecule has 0 aromatic carbocycles. The van der Waals surface area contributed by atoms with Crippen LogP contribution < -0.4 is 5.73 Å². The van der Waals surface area contributed by atoms with Gasteiger partial charge in [0, 0.05) is 6.54 Å². The monoisotopic (exact) mass is 173 g/mol. The van der Waals surface area contributed by atoms with Crippen LogP contribution in [0.2, 0.25) is 0 Å². The lowest BCUT2D eigenvalue weighted by molar-refractivity contribution is 0.200. The van der Waals surface area contributed by atoms with Crippen LogP contribution in [0.25, 0.3) is 0 Å². The zero-order valence-corrected chi connectivity index (χ0v) is 8.00. The smallest absolute Gasteiger partial charge is 0.0558 e. The van der Waals surface area contributed by atoms with Crippen molar-refractivity contribution < 1.29 is 5.11 Å². The fourth-order valence-electron chi connectivity index (χ4n) is 1.15. The molecule has 1 radical (unpaired) electrons. The van der Waals surface area contributed by atoms with E-state index in [0.29, 0.717) is 6.54 Å². The van der Waals surface area contributed by atoms with E-state index in [-0.39, 0.29) is 6.61 Å². The molecule has 0 aliphatic carbocycles. The Hall–Kier alpha value is -0.120. The Morgan fingerprint density at radius 3 is 2.67 bits per heavy atom. The molecule has 0 atom stereocenters. The molecule has 0 rings (SSSR count). The Morgan fingerprint density at radius 2 is 2.17 bits per heavy atom. The zero-order valence-electron chi connectivity index (χ0n) is 8.00. The summed E-state index contributed by atoms with van der Waals surface area (Å²) in [6.45, 7) is 5.92. The minimum Gasteiger partial charge on any atom is -0.395 e. The van der Waals surface area contributed by atoms with Crippen LogP contribution in [0.15, 0.2) is 0 Å². The van der Waals surface area contributed by atoms with Crippen LogP contribution in [0.1, 0.15) is 19.8 Å². The molecule has 0 aromatic heterocycles. The summed E-state index contributed by atoms with van der Waals surface area (Å²) in [5, 5.41) is 8.70. The normalized spacial score (nSPS) is 11.0. The molecule has 0 spiro atoms. The van der Waals surface area contributed by atoms with Gasteiger partial charge in [-0.15, -0.1) is 0 Å². The van der Waals surface area contributed by atoms with Gasteiger partial charge >= 0.3 is 0 Å². The fraction of sp³-hybridized carbons (Fsp3) is 0.889. The first-order chi connectivity index (χ1) is 5.85. The minimum atomic E-state index is 0.258. The van der Waals surface area contributed by atoms with Crippen LogP contribution in [0, 0.1) is 6.42 Å². The summed E-state index contributed by atoms with van der Waals surface area (Å²) in [6, 6.07) is 0. The first-order valence-corrected chi connectivity index (χ1v) is 4.70. The van der Waals surface area contributed by atoms with E-state index < -0.39 is 0 Å². The number of hydrogen-bond donors (Lipinski definition) is 2. The summed E-state index contributed by atoms with van der Waals surface area (Å²) in [5.74, 6) is 0. The Kier molecular flexibility index (Phi) is 8.88. The average molecular weight is 173 g/mol. The second-order valence-electron chi connectivity index (χ2n) is 2.82. The standard InChI is InChI=1S/C9H21N2O/c1-2-11(8-9-12)7-5-3-4-6-10/h4,12H,2-3,5-10H2,1H3. The third kappa shape index (κ3) is 6.58. The average Bonchev–Trinajstić information content (AvgIpc) is 2.10. The van der Waals surface area contributed by atoms with Crippen LogP contribution in [0.4, 0.5) is 0 Å². The molecule has 3 heteroatoms. The van der Waals surface area contributed by atoms with Crippen molar-refractivity contribution in [3.8, 4) is 0 Å². The summed E-state index contributed by atoms with van der Waals surface area (Å²) in [7, 11) is 0. The van der Waals surface area contributed by atoms with Crippen LogP contribution in [-0.2, 0) is 0 Å². The number of nitrogens with two attached hydrogens (primary N) is 1. The lowest BCUT2D eigenvalue weighted by Gasteiger charge is -2.18. The second kappa shape index (κ2) is 8.97. The van der Waals surface area contributed by atoms with Crippen molar-refractivity contribution in [3.63, 3.8) is 0 Å². The predicted molar refractivity (Wildman–Crippen MR) is 51.8 cm³/mol. The number of unbranched alkanes of at least 4 members (excludes halogenated alkanes) is 2. The van der Waals surface area contributed by atoms with Gasteiger partial charge in [0.15, 0.2) is 0 Å². The molecule has 0 saturated carbocycles. The van der Waals surface area contributed by atoms with E-state index in [4.69, 9.17) is 10.8 Å². The van der Waals surface area contributed by atoms with E-state index in [2.05, 4.69) is 18.2 Å². The topological polar surface area (TPSA) is 49.5 Å². The van der Waals surface area contributed by atoms with Crippen molar-refractivity contribution in [2.45, 2.75) is 19.8 Å². The van der Waals surface area contributed by atoms with Gasteiger partial charge in [0.2, 0.25) is 0 Å². The maximum atomic E-state index is 8.70. The molecule has 0 aromatic rings. The predicted octanol–water partition coefficient (Wildman–Crippen LogP) is 0.244. The summed E-state index contributed by atoms with van der Waals surface area (Å²) in [6.07, 6.45) is 4.32. The van der Waals surface area contributed by atoms with Crippen LogP contribution in [0.3, 0.4) is 0 Å². The molecule has 0 saturated heterocycles. The summed E-state index contributed by atoms with van der Waals surface area (Å²) >= 11 is 0. The summed E-state index contributed by atoms with van der Waals surface area (Å²) in [5.41, 5.74) is 5.33. The first kappa shape index (κ1) is 11.9. The molecule has 0 amide bonds. The highest BCUT2D eigenvalue weighted by atomic mass is 16.3. The van der Waals surface area contributed by atoms with Crippen molar-refractivity contribution in [1.29, 1.82) is 0 Å². The highest BCUT2D eigenvalue weighted by Crippen LogP contribution is 1.96. The third-order valence-electron chi connectivity index (χ3n) is 1.91. The maximum absolute atomic E-state index is 8.70. The molecule has 0 aliphatic heterocycles. The number of aliphatic hydroxyl groups excluding tert-OH is 1. The Balaban J connectivity index is 3.19. The SMILES string of the molecule is CCN(CCO)CCC[CH]CN. The summed E-state index contributed by atoms with van der Waals surface area (Å²) < 4.78 is 0. The lowest BCUT2D eigenvalue weighted by Crippen LogP contribution is -2.27. The molecule has 0 aliphatic rings. The third-order valence-corrected chi connectivity index (χ3v) is 1.91. The van der Waals surface area contributed by atoms with Crippen molar-refractivity contribution in [2.24, 2.45) is 5.73 Å². The van der Waals surface area contributed by atoms with Gasteiger partial charge in [0.25, 0.3) is 0 Å². The minimum absolute atomic E-state index is 0.258. The highest BCUT2D eigenvalue weighted by molar-refractivity contribution is 4.66. The molecule has 0 heterocycles. The number of rotatable bonds is 8. The molecule has 0 fully saturated rings. The Morgan fingerprint density at radius 1 is 1.42 bits per heavy atom. The van der Waals surface area contributed by atoms with E-state index in [0.717, 1.165) is 32.5 Å². The van der Waals surface area contributed by atoms with Crippen LogP contribution in [0.5, 0.6) is 0 Å². The Bertz CT molecular complexity index is 88.6. The van der Waals surface area contributed by atoms with Crippen LogP contribution >= 0.6 is 0 Å². The van der Waals surface area contributed by atoms with Crippen molar-refractivity contribution in [3.05, 3.63) is 6.42 Å². The number of hydrogen-bond acceptors (Lipinski definition) is 3. The number of likely N-dealkylation sites (N-methyl/N-ethyl adjacent to an activating group) is 1. The molecular formula is C9H21N2O. The van der Waals surface area contributed by atoms with Gasteiger partial charge in [0.05, 0.1) is 6.61 Å². The molecular weight excluding hydrogens is 152 g/mol. The van der Waals surface area contributed by atoms with Gasteiger partial charge in [-0.05, 0) is 38.9 Å². The second-order valence-corrected chi connectivity index (χ2v) is 2.82.